The van der Waals surface area contributed by atoms with Crippen LogP contribution in [0.1, 0.15) is 39.4 Å². The van der Waals surface area contributed by atoms with Gasteiger partial charge in [-0.15, -0.1) is 0 Å². The molecule has 0 saturated heterocycles. The molecule has 2 atom stereocenters. The van der Waals surface area contributed by atoms with Gasteiger partial charge in [-0.05, 0) is 31.7 Å². The van der Waals surface area contributed by atoms with E-state index in [1.54, 1.807) is 19.4 Å². The number of amides is 1. The van der Waals surface area contributed by atoms with Crippen LogP contribution in [-0.2, 0) is 16.1 Å². The number of pyridine rings is 1. The number of likely N-dealkylation sites (N-methyl/N-ethyl adjacent to an activating group) is 1. The van der Waals surface area contributed by atoms with Crippen LogP contribution in [0.15, 0.2) is 18.5 Å². The van der Waals surface area contributed by atoms with Crippen molar-refractivity contribution in [1.82, 2.24) is 19.4 Å². The van der Waals surface area contributed by atoms with Crippen molar-refractivity contribution in [3.63, 3.8) is 0 Å². The molecule has 0 aliphatic heterocycles. The Morgan fingerprint density at radius 1 is 1.31 bits per heavy atom. The molecule has 26 heavy (non-hydrogen) atoms. The van der Waals surface area contributed by atoms with E-state index in [9.17, 15) is 14.7 Å². The van der Waals surface area contributed by atoms with Gasteiger partial charge in [0.05, 0.1) is 11.7 Å². The molecule has 142 valence electrons. The smallest absolute Gasteiger partial charge is 0.326 e. The van der Waals surface area contributed by atoms with E-state index >= 15 is 0 Å². The number of aromatic nitrogens is 3. The summed E-state index contributed by atoms with van der Waals surface area (Å²) >= 11 is 0. The van der Waals surface area contributed by atoms with Crippen molar-refractivity contribution in [3.05, 3.63) is 24.3 Å². The molecule has 0 aromatic carbocycles. The first kappa shape index (κ1) is 19.9. The van der Waals surface area contributed by atoms with Crippen molar-refractivity contribution in [2.45, 2.75) is 53.1 Å². The molecule has 1 amide bonds. The molecule has 0 fully saturated rings. The van der Waals surface area contributed by atoms with Crippen LogP contribution in [0.5, 0.6) is 0 Å². The van der Waals surface area contributed by atoms with Crippen molar-refractivity contribution < 1.29 is 14.7 Å². The molecule has 0 spiro atoms. The molecule has 0 aliphatic carbocycles. The molecule has 1 N–H and O–H groups in total. The van der Waals surface area contributed by atoms with Gasteiger partial charge in [0.25, 0.3) is 0 Å². The summed E-state index contributed by atoms with van der Waals surface area (Å²) in [7, 11) is 1.59. The minimum Gasteiger partial charge on any atom is -0.480 e. The number of imidazole rings is 1. The zero-order valence-corrected chi connectivity index (χ0v) is 16.1. The summed E-state index contributed by atoms with van der Waals surface area (Å²) < 4.78 is 2.07. The van der Waals surface area contributed by atoms with E-state index in [1.807, 2.05) is 33.8 Å². The van der Waals surface area contributed by atoms with Gasteiger partial charge < -0.3 is 14.6 Å². The lowest BCUT2D eigenvalue weighted by Gasteiger charge is -2.28. The number of aryl methyl sites for hydroxylation is 2. The molecular formula is C19H28N4O3. The highest BCUT2D eigenvalue weighted by Gasteiger charge is 2.29. The van der Waals surface area contributed by atoms with E-state index in [0.29, 0.717) is 19.4 Å². The summed E-state index contributed by atoms with van der Waals surface area (Å²) in [5.41, 5.74) is 1.83. The Labute approximate surface area is 154 Å². The van der Waals surface area contributed by atoms with E-state index in [2.05, 4.69) is 14.5 Å². The van der Waals surface area contributed by atoms with Crippen LogP contribution >= 0.6 is 0 Å². The Morgan fingerprint density at radius 3 is 2.62 bits per heavy atom. The van der Waals surface area contributed by atoms with Crippen molar-refractivity contribution in [2.75, 3.05) is 7.05 Å². The molecule has 2 aromatic rings. The molecule has 7 nitrogen and oxygen atoms in total. The third-order valence-corrected chi connectivity index (χ3v) is 4.74. The molecule has 2 aromatic heterocycles. The maximum atomic E-state index is 12.7. The fraction of sp³-hybridized carbons (Fsp3) is 0.579. The van der Waals surface area contributed by atoms with Gasteiger partial charge in [0.2, 0.25) is 5.91 Å². The third-order valence-electron chi connectivity index (χ3n) is 4.74. The lowest BCUT2D eigenvalue weighted by molar-refractivity contribution is -0.151. The summed E-state index contributed by atoms with van der Waals surface area (Å²) in [6.45, 7) is 8.35. The Bertz CT molecular complexity index is 784. The number of hydrogen-bond donors (Lipinski definition) is 1. The van der Waals surface area contributed by atoms with Gasteiger partial charge in [0, 0.05) is 25.7 Å². The van der Waals surface area contributed by atoms with Crippen molar-refractivity contribution in [1.29, 1.82) is 0 Å². The summed E-state index contributed by atoms with van der Waals surface area (Å²) in [6.07, 6.45) is 4.52. The summed E-state index contributed by atoms with van der Waals surface area (Å²) in [6, 6.07) is 1.13. The quantitative estimate of drug-likeness (QED) is 0.782. The number of aliphatic carboxylic acids is 1. The predicted molar refractivity (Wildman–Crippen MR) is 99.7 cm³/mol. The topological polar surface area (TPSA) is 88.3 Å². The van der Waals surface area contributed by atoms with Crippen molar-refractivity contribution in [2.24, 2.45) is 11.8 Å². The molecular weight excluding hydrogens is 332 g/mol. The molecule has 0 aliphatic rings. The Balaban J connectivity index is 2.06. The van der Waals surface area contributed by atoms with Crippen LogP contribution in [0.4, 0.5) is 0 Å². The van der Waals surface area contributed by atoms with Gasteiger partial charge in [-0.2, -0.15) is 0 Å². The van der Waals surface area contributed by atoms with Crippen molar-refractivity contribution >= 4 is 22.9 Å². The Morgan fingerprint density at radius 2 is 2.00 bits per heavy atom. The summed E-state index contributed by atoms with van der Waals surface area (Å²) in [5, 5.41) is 9.45. The number of rotatable bonds is 8. The minimum atomic E-state index is -0.953. The van der Waals surface area contributed by atoms with Gasteiger partial charge in [-0.1, -0.05) is 20.8 Å². The molecule has 0 radical (unpaired) electrons. The first-order valence-electron chi connectivity index (χ1n) is 8.98. The summed E-state index contributed by atoms with van der Waals surface area (Å²) in [4.78, 5) is 34.2. The van der Waals surface area contributed by atoms with Gasteiger partial charge >= 0.3 is 5.97 Å². The molecule has 0 saturated carbocycles. The second-order valence-electron chi connectivity index (χ2n) is 7.30. The highest BCUT2D eigenvalue weighted by atomic mass is 16.4. The van der Waals surface area contributed by atoms with E-state index in [-0.39, 0.29) is 17.7 Å². The highest BCUT2D eigenvalue weighted by molar-refractivity contribution is 5.84. The minimum absolute atomic E-state index is 0.137. The van der Waals surface area contributed by atoms with E-state index < -0.39 is 12.0 Å². The van der Waals surface area contributed by atoms with Crippen molar-refractivity contribution in [3.8, 4) is 0 Å². The Kier molecular flexibility index (Phi) is 6.34. The summed E-state index contributed by atoms with van der Waals surface area (Å²) in [5.74, 6) is -0.278. The highest BCUT2D eigenvalue weighted by Crippen LogP contribution is 2.19. The van der Waals surface area contributed by atoms with Crippen LogP contribution in [0.3, 0.4) is 0 Å². The number of carboxylic acid groups (broad SMARTS) is 1. The molecule has 2 heterocycles. The fourth-order valence-electron chi connectivity index (χ4n) is 3.20. The van der Waals surface area contributed by atoms with Crippen LogP contribution in [0, 0.1) is 18.8 Å². The van der Waals surface area contributed by atoms with Crippen LogP contribution < -0.4 is 0 Å². The number of hydrogen-bond acceptors (Lipinski definition) is 4. The second-order valence-corrected chi connectivity index (χ2v) is 7.30. The lowest BCUT2D eigenvalue weighted by Crippen LogP contribution is -2.45. The number of carboxylic acids is 1. The third kappa shape index (κ3) is 4.39. The maximum absolute atomic E-state index is 12.7. The largest absolute Gasteiger partial charge is 0.480 e. The van der Waals surface area contributed by atoms with Crippen LogP contribution in [-0.4, -0.2) is 49.5 Å². The van der Waals surface area contributed by atoms with Crippen LogP contribution in [0.2, 0.25) is 0 Å². The standard InChI is InChI=1S/C19H28N4O3/c1-12(2)10-17(19(25)26)22(5)18(24)13(3)7-9-23-14(4)21-15-11-20-8-6-16(15)23/h6,8,11-13,17H,7,9-10H2,1-5H3,(H,25,26)/t13?,17-/m0/s1. The van der Waals surface area contributed by atoms with Crippen LogP contribution in [0.25, 0.3) is 11.0 Å². The van der Waals surface area contributed by atoms with E-state index in [4.69, 9.17) is 0 Å². The van der Waals surface area contributed by atoms with Gasteiger partial charge in [-0.3, -0.25) is 9.78 Å². The zero-order valence-electron chi connectivity index (χ0n) is 16.1. The van der Waals surface area contributed by atoms with Gasteiger partial charge in [0.1, 0.15) is 17.4 Å². The van der Waals surface area contributed by atoms with Gasteiger partial charge in [-0.25, -0.2) is 9.78 Å². The first-order chi connectivity index (χ1) is 12.2. The van der Waals surface area contributed by atoms with E-state index in [0.717, 1.165) is 16.9 Å². The van der Waals surface area contributed by atoms with Gasteiger partial charge in [0.15, 0.2) is 0 Å². The average Bonchev–Trinajstić information content (AvgIpc) is 2.91. The first-order valence-corrected chi connectivity index (χ1v) is 8.98. The molecule has 7 heteroatoms. The second kappa shape index (κ2) is 8.29. The number of carbonyl (C=O) groups is 2. The number of nitrogens with zero attached hydrogens (tertiary/aromatic N) is 4. The predicted octanol–water partition coefficient (Wildman–Crippen LogP) is 2.72. The maximum Gasteiger partial charge on any atom is 0.326 e. The normalized spacial score (nSPS) is 13.8. The number of carbonyl (C=O) groups excluding carboxylic acids is 1. The monoisotopic (exact) mass is 360 g/mol. The zero-order chi connectivity index (χ0) is 19.4. The average molecular weight is 360 g/mol. The Hall–Kier alpha value is -2.44. The lowest BCUT2D eigenvalue weighted by atomic mass is 10.00. The number of fused-ring (bicyclic) bond motifs is 1. The molecule has 1 unspecified atom stereocenters. The fourth-order valence-corrected chi connectivity index (χ4v) is 3.20. The molecule has 2 rings (SSSR count). The molecule has 0 bridgehead atoms. The SMILES string of the molecule is Cc1nc2cnccc2n1CCC(C)C(=O)N(C)[C@@H](CC(C)C)C(=O)O. The van der Waals surface area contributed by atoms with E-state index in [1.165, 1.54) is 4.90 Å².